The molecule has 2 aromatic carbocycles. The Balaban J connectivity index is 2.14. The molecular formula is C15H11ClFNO4. The third kappa shape index (κ3) is 3.59. The molecule has 0 aromatic heterocycles. The van der Waals surface area contributed by atoms with Crippen molar-refractivity contribution in [3.8, 4) is 5.75 Å². The molecule has 1 atom stereocenters. The minimum Gasteiger partial charge on any atom is -0.481 e. The first-order valence-electron chi connectivity index (χ1n) is 6.29. The molecule has 0 amide bonds. The van der Waals surface area contributed by atoms with Gasteiger partial charge in [0.2, 0.25) is 5.78 Å². The van der Waals surface area contributed by atoms with Crippen LogP contribution >= 0.6 is 11.6 Å². The lowest BCUT2D eigenvalue weighted by atomic mass is 10.1. The average Bonchev–Trinajstić information content (AvgIpc) is 2.49. The van der Waals surface area contributed by atoms with E-state index in [4.69, 9.17) is 16.3 Å². The Labute approximate surface area is 130 Å². The number of Topliss-reactive ketones (excluding diaryl/α,β-unsaturated/α-hetero) is 1. The minimum absolute atomic E-state index is 0.0351. The summed E-state index contributed by atoms with van der Waals surface area (Å²) in [6.45, 7) is 1.52. The molecule has 2 rings (SSSR count). The van der Waals surface area contributed by atoms with Crippen molar-refractivity contribution in [3.63, 3.8) is 0 Å². The van der Waals surface area contributed by atoms with Crippen LogP contribution in [0.25, 0.3) is 0 Å². The Hall–Kier alpha value is -2.47. The van der Waals surface area contributed by atoms with Crippen LogP contribution < -0.4 is 4.74 Å². The van der Waals surface area contributed by atoms with E-state index >= 15 is 0 Å². The number of nitro groups is 1. The molecular weight excluding hydrogens is 313 g/mol. The third-order valence-corrected chi connectivity index (χ3v) is 3.22. The predicted octanol–water partition coefficient (Wildman–Crippen LogP) is 4.04. The van der Waals surface area contributed by atoms with E-state index in [1.807, 2.05) is 0 Å². The second-order valence-electron chi connectivity index (χ2n) is 4.50. The van der Waals surface area contributed by atoms with E-state index in [-0.39, 0.29) is 22.2 Å². The quantitative estimate of drug-likeness (QED) is 0.473. The van der Waals surface area contributed by atoms with E-state index in [1.165, 1.54) is 43.3 Å². The SMILES string of the molecule is C[C@H](Oc1ccc([N+](=O)[O-])cc1Cl)C(=O)c1ccc(F)cc1. The normalized spacial score (nSPS) is 11.8. The largest absolute Gasteiger partial charge is 0.481 e. The summed E-state index contributed by atoms with van der Waals surface area (Å²) in [6.07, 6.45) is -0.871. The minimum atomic E-state index is -0.871. The van der Waals surface area contributed by atoms with Crippen LogP contribution in [0.2, 0.25) is 5.02 Å². The van der Waals surface area contributed by atoms with Gasteiger partial charge in [-0.2, -0.15) is 0 Å². The maximum absolute atomic E-state index is 12.8. The molecule has 2 aromatic rings. The monoisotopic (exact) mass is 323 g/mol. The van der Waals surface area contributed by atoms with Crippen LogP contribution in [0.1, 0.15) is 17.3 Å². The van der Waals surface area contributed by atoms with Gasteiger partial charge in [0.05, 0.1) is 9.95 Å². The highest BCUT2D eigenvalue weighted by Crippen LogP contribution is 2.29. The topological polar surface area (TPSA) is 69.4 Å². The van der Waals surface area contributed by atoms with Gasteiger partial charge in [0.25, 0.3) is 5.69 Å². The summed E-state index contributed by atoms with van der Waals surface area (Å²) >= 11 is 5.90. The molecule has 0 saturated heterocycles. The first kappa shape index (κ1) is 15.9. The maximum Gasteiger partial charge on any atom is 0.271 e. The Morgan fingerprint density at radius 2 is 1.91 bits per heavy atom. The molecule has 0 bridgehead atoms. The fraction of sp³-hybridized carbons (Fsp3) is 0.133. The van der Waals surface area contributed by atoms with Gasteiger partial charge in [-0.05, 0) is 37.3 Å². The third-order valence-electron chi connectivity index (χ3n) is 2.93. The molecule has 0 aliphatic heterocycles. The fourth-order valence-corrected chi connectivity index (χ4v) is 2.01. The number of carbonyl (C=O) groups excluding carboxylic acids is 1. The number of rotatable bonds is 5. The first-order valence-corrected chi connectivity index (χ1v) is 6.66. The van der Waals surface area contributed by atoms with Gasteiger partial charge in [0.15, 0.2) is 6.10 Å². The molecule has 0 fully saturated rings. The number of nitrogens with zero attached hydrogens (tertiary/aromatic N) is 1. The van der Waals surface area contributed by atoms with Crippen LogP contribution in [0, 0.1) is 15.9 Å². The second kappa shape index (κ2) is 6.53. The highest BCUT2D eigenvalue weighted by atomic mass is 35.5. The van der Waals surface area contributed by atoms with Gasteiger partial charge < -0.3 is 4.74 Å². The molecule has 0 spiro atoms. The average molecular weight is 324 g/mol. The molecule has 7 heteroatoms. The van der Waals surface area contributed by atoms with Gasteiger partial charge in [0.1, 0.15) is 11.6 Å². The van der Waals surface area contributed by atoms with Gasteiger partial charge in [-0.1, -0.05) is 11.6 Å². The van der Waals surface area contributed by atoms with Crippen LogP contribution in [0.4, 0.5) is 10.1 Å². The van der Waals surface area contributed by atoms with Crippen LogP contribution in [0.5, 0.6) is 5.75 Å². The van der Waals surface area contributed by atoms with E-state index in [0.717, 1.165) is 6.07 Å². The van der Waals surface area contributed by atoms with Gasteiger partial charge in [-0.25, -0.2) is 4.39 Å². The highest BCUT2D eigenvalue weighted by Gasteiger charge is 2.19. The van der Waals surface area contributed by atoms with Crippen molar-refractivity contribution < 1.29 is 18.8 Å². The van der Waals surface area contributed by atoms with Crippen LogP contribution in [0.15, 0.2) is 42.5 Å². The Morgan fingerprint density at radius 1 is 1.27 bits per heavy atom. The van der Waals surface area contributed by atoms with Gasteiger partial charge >= 0.3 is 0 Å². The van der Waals surface area contributed by atoms with E-state index in [9.17, 15) is 19.3 Å². The summed E-state index contributed by atoms with van der Waals surface area (Å²) in [4.78, 5) is 22.2. The summed E-state index contributed by atoms with van der Waals surface area (Å²) in [5.41, 5.74) is 0.127. The lowest BCUT2D eigenvalue weighted by Gasteiger charge is -2.14. The molecule has 114 valence electrons. The highest BCUT2D eigenvalue weighted by molar-refractivity contribution is 6.32. The Kier molecular flexibility index (Phi) is 4.72. The van der Waals surface area contributed by atoms with E-state index in [2.05, 4.69) is 0 Å². The van der Waals surface area contributed by atoms with Crippen molar-refractivity contribution >= 4 is 23.1 Å². The van der Waals surface area contributed by atoms with Crippen molar-refractivity contribution in [1.29, 1.82) is 0 Å². The smallest absolute Gasteiger partial charge is 0.271 e. The number of non-ortho nitro benzene ring substituents is 1. The van der Waals surface area contributed by atoms with E-state index in [1.54, 1.807) is 0 Å². The second-order valence-corrected chi connectivity index (χ2v) is 4.91. The van der Waals surface area contributed by atoms with Crippen molar-refractivity contribution in [2.75, 3.05) is 0 Å². The van der Waals surface area contributed by atoms with E-state index in [0.29, 0.717) is 5.56 Å². The number of nitro benzene ring substituents is 1. The first-order chi connectivity index (χ1) is 10.4. The number of halogens is 2. The van der Waals surface area contributed by atoms with Crippen LogP contribution in [-0.2, 0) is 0 Å². The zero-order valence-electron chi connectivity index (χ0n) is 11.5. The molecule has 22 heavy (non-hydrogen) atoms. The fourth-order valence-electron chi connectivity index (χ4n) is 1.79. The van der Waals surface area contributed by atoms with Crippen molar-refractivity contribution in [2.24, 2.45) is 0 Å². The molecule has 0 unspecified atom stereocenters. The van der Waals surface area contributed by atoms with Gasteiger partial charge in [-0.3, -0.25) is 14.9 Å². The number of benzene rings is 2. The molecule has 0 saturated carbocycles. The molecule has 0 radical (unpaired) electrons. The number of carbonyl (C=O) groups is 1. The Bertz CT molecular complexity index is 718. The summed E-state index contributed by atoms with van der Waals surface area (Å²) in [7, 11) is 0. The number of ketones is 1. The number of ether oxygens (including phenoxy) is 1. The summed E-state index contributed by atoms with van der Waals surface area (Å²) in [6, 6.07) is 8.78. The molecule has 0 aliphatic rings. The molecule has 0 heterocycles. The van der Waals surface area contributed by atoms with Crippen molar-refractivity contribution in [2.45, 2.75) is 13.0 Å². The molecule has 0 aliphatic carbocycles. The number of hydrogen-bond acceptors (Lipinski definition) is 4. The van der Waals surface area contributed by atoms with Gasteiger partial charge in [-0.15, -0.1) is 0 Å². The summed E-state index contributed by atoms with van der Waals surface area (Å²) in [5, 5.41) is 10.7. The lowest BCUT2D eigenvalue weighted by Crippen LogP contribution is -2.24. The van der Waals surface area contributed by atoms with Gasteiger partial charge in [0, 0.05) is 17.7 Å². The summed E-state index contributed by atoms with van der Waals surface area (Å²) in [5.74, 6) is -0.631. The Morgan fingerprint density at radius 3 is 2.45 bits per heavy atom. The summed E-state index contributed by atoms with van der Waals surface area (Å²) < 4.78 is 18.3. The lowest BCUT2D eigenvalue weighted by molar-refractivity contribution is -0.384. The molecule has 0 N–H and O–H groups in total. The van der Waals surface area contributed by atoms with Crippen LogP contribution in [0.3, 0.4) is 0 Å². The number of hydrogen-bond donors (Lipinski definition) is 0. The zero-order chi connectivity index (χ0) is 16.3. The van der Waals surface area contributed by atoms with Crippen LogP contribution in [-0.4, -0.2) is 16.8 Å². The zero-order valence-corrected chi connectivity index (χ0v) is 12.2. The van der Waals surface area contributed by atoms with E-state index < -0.39 is 16.8 Å². The standard InChI is InChI=1S/C15H11ClFNO4/c1-9(15(19)10-2-4-11(17)5-3-10)22-14-7-6-12(18(20)21)8-13(14)16/h2-9H,1H3/t9-/m0/s1. The maximum atomic E-state index is 12.8. The van der Waals surface area contributed by atoms with Crippen molar-refractivity contribution in [3.05, 3.63) is 69.0 Å². The van der Waals surface area contributed by atoms with Crippen molar-refractivity contribution in [1.82, 2.24) is 0 Å². The predicted molar refractivity (Wildman–Crippen MR) is 78.9 cm³/mol. The molecule has 5 nitrogen and oxygen atoms in total.